The van der Waals surface area contributed by atoms with Gasteiger partial charge in [0.05, 0.1) is 15.7 Å². The largest absolute Gasteiger partial charge is 0.444 e. The summed E-state index contributed by atoms with van der Waals surface area (Å²) in [6, 6.07) is 3.88. The molecule has 0 atom stereocenters. The van der Waals surface area contributed by atoms with Crippen molar-refractivity contribution in [1.29, 1.82) is 0 Å². The summed E-state index contributed by atoms with van der Waals surface area (Å²) in [5, 5.41) is 2.75. The summed E-state index contributed by atoms with van der Waals surface area (Å²) in [7, 11) is 0. The first-order valence-corrected chi connectivity index (χ1v) is 6.57. The average Bonchev–Trinajstić information content (AvgIpc) is 2.62. The Morgan fingerprint density at radius 1 is 1.39 bits per heavy atom. The normalized spacial score (nSPS) is 11.6. The topological polar surface area (TPSA) is 51.2 Å². The van der Waals surface area contributed by atoms with Crippen LogP contribution in [-0.2, 0) is 4.74 Å². The van der Waals surface area contributed by atoms with E-state index in [-0.39, 0.29) is 0 Å². The Bertz CT molecular complexity index is 584. The second-order valence-corrected chi connectivity index (χ2v) is 6.00. The molecule has 5 heteroatoms. The number of thiazole rings is 1. The van der Waals surface area contributed by atoms with Crippen LogP contribution in [0.3, 0.4) is 0 Å². The number of aryl methyl sites for hydroxylation is 1. The third kappa shape index (κ3) is 2.98. The highest BCUT2D eigenvalue weighted by Crippen LogP contribution is 2.25. The molecule has 0 saturated carbocycles. The lowest BCUT2D eigenvalue weighted by molar-refractivity contribution is 0.0636. The molecule has 2 rings (SSSR count). The second-order valence-electron chi connectivity index (χ2n) is 5.11. The monoisotopic (exact) mass is 264 g/mol. The molecule has 0 aliphatic heterocycles. The fourth-order valence-electron chi connectivity index (χ4n) is 1.55. The maximum absolute atomic E-state index is 11.7. The van der Waals surface area contributed by atoms with Crippen LogP contribution in [0, 0.1) is 6.92 Å². The third-order valence-electron chi connectivity index (χ3n) is 2.31. The highest BCUT2D eigenvalue weighted by Gasteiger charge is 2.17. The number of nitrogens with one attached hydrogen (secondary N) is 1. The first kappa shape index (κ1) is 12.8. The molecule has 0 fully saturated rings. The van der Waals surface area contributed by atoms with Crippen molar-refractivity contribution >= 4 is 33.3 Å². The Balaban J connectivity index is 2.20. The number of aromatic nitrogens is 1. The number of rotatable bonds is 1. The van der Waals surface area contributed by atoms with Crippen LogP contribution in [-0.4, -0.2) is 16.7 Å². The zero-order valence-corrected chi connectivity index (χ0v) is 11.7. The maximum atomic E-state index is 11.7. The number of amides is 1. The van der Waals surface area contributed by atoms with Crippen LogP contribution < -0.4 is 5.32 Å². The summed E-state index contributed by atoms with van der Waals surface area (Å²) in [6.07, 6.45) is -0.444. The lowest BCUT2D eigenvalue weighted by Gasteiger charge is -2.20. The maximum Gasteiger partial charge on any atom is 0.412 e. The Morgan fingerprint density at radius 3 is 2.78 bits per heavy atom. The highest BCUT2D eigenvalue weighted by atomic mass is 32.1. The molecule has 0 bridgehead atoms. The molecular formula is C13H16N2O2S. The number of ether oxygens (including phenoxy) is 1. The summed E-state index contributed by atoms with van der Waals surface area (Å²) in [5.74, 6) is 0. The van der Waals surface area contributed by atoms with Crippen LogP contribution in [0.15, 0.2) is 17.6 Å². The van der Waals surface area contributed by atoms with Crippen molar-refractivity contribution in [3.8, 4) is 0 Å². The predicted octanol–water partition coefficient (Wildman–Crippen LogP) is 3.95. The van der Waals surface area contributed by atoms with E-state index in [4.69, 9.17) is 4.74 Å². The van der Waals surface area contributed by atoms with Gasteiger partial charge in [0.25, 0.3) is 0 Å². The van der Waals surface area contributed by atoms with Gasteiger partial charge in [-0.15, -0.1) is 11.3 Å². The molecule has 1 amide bonds. The standard InChI is InChI=1S/C13H16N2O2S/c1-8-5-11-10(14-7-18-11)6-9(8)15-12(16)17-13(2,3)4/h5-7H,1-4H3,(H,15,16). The van der Waals surface area contributed by atoms with Gasteiger partial charge >= 0.3 is 6.09 Å². The van der Waals surface area contributed by atoms with Gasteiger partial charge in [-0.2, -0.15) is 0 Å². The van der Waals surface area contributed by atoms with E-state index in [0.29, 0.717) is 0 Å². The van der Waals surface area contributed by atoms with Gasteiger partial charge in [-0.3, -0.25) is 5.32 Å². The van der Waals surface area contributed by atoms with Gasteiger partial charge in [0, 0.05) is 5.69 Å². The van der Waals surface area contributed by atoms with Crippen molar-refractivity contribution in [2.75, 3.05) is 5.32 Å². The average molecular weight is 264 g/mol. The summed E-state index contributed by atoms with van der Waals surface area (Å²) in [6.45, 7) is 7.46. The summed E-state index contributed by atoms with van der Waals surface area (Å²) in [4.78, 5) is 15.9. The minimum absolute atomic E-state index is 0.444. The summed E-state index contributed by atoms with van der Waals surface area (Å²) >= 11 is 1.58. The van der Waals surface area contributed by atoms with E-state index in [1.165, 1.54) is 0 Å². The molecule has 1 N–H and O–H groups in total. The summed E-state index contributed by atoms with van der Waals surface area (Å²) < 4.78 is 6.34. The van der Waals surface area contributed by atoms with E-state index in [1.54, 1.807) is 16.8 Å². The van der Waals surface area contributed by atoms with Crippen molar-refractivity contribution in [3.63, 3.8) is 0 Å². The van der Waals surface area contributed by atoms with Crippen LogP contribution in [0.25, 0.3) is 10.2 Å². The van der Waals surface area contributed by atoms with E-state index in [9.17, 15) is 4.79 Å². The first-order chi connectivity index (χ1) is 8.35. The number of anilines is 1. The smallest absolute Gasteiger partial charge is 0.412 e. The fraction of sp³-hybridized carbons (Fsp3) is 0.385. The van der Waals surface area contributed by atoms with Crippen molar-refractivity contribution in [2.45, 2.75) is 33.3 Å². The molecule has 1 aromatic heterocycles. The molecule has 0 saturated heterocycles. The second kappa shape index (κ2) is 4.57. The van der Waals surface area contributed by atoms with Crippen LogP contribution in [0.1, 0.15) is 26.3 Å². The number of carbonyl (C=O) groups excluding carboxylic acids is 1. The minimum atomic E-state index is -0.497. The molecule has 0 spiro atoms. The molecule has 96 valence electrons. The van der Waals surface area contributed by atoms with Crippen molar-refractivity contribution in [1.82, 2.24) is 4.98 Å². The molecule has 1 heterocycles. The van der Waals surface area contributed by atoms with Gasteiger partial charge < -0.3 is 4.74 Å². The number of hydrogen-bond acceptors (Lipinski definition) is 4. The molecule has 1 aromatic carbocycles. The zero-order chi connectivity index (χ0) is 13.3. The first-order valence-electron chi connectivity index (χ1n) is 5.69. The van der Waals surface area contributed by atoms with Gasteiger partial charge in [-0.25, -0.2) is 9.78 Å². The quantitative estimate of drug-likeness (QED) is 0.848. The highest BCUT2D eigenvalue weighted by molar-refractivity contribution is 7.16. The molecule has 0 aliphatic rings. The SMILES string of the molecule is Cc1cc2scnc2cc1NC(=O)OC(C)(C)C. The van der Waals surface area contributed by atoms with Gasteiger partial charge in [-0.05, 0) is 45.4 Å². The van der Waals surface area contributed by atoms with Crippen molar-refractivity contribution in [3.05, 3.63) is 23.2 Å². The Hall–Kier alpha value is -1.62. The van der Waals surface area contributed by atoms with Crippen LogP contribution in [0.2, 0.25) is 0 Å². The number of benzene rings is 1. The van der Waals surface area contributed by atoms with Crippen LogP contribution >= 0.6 is 11.3 Å². The molecular weight excluding hydrogens is 248 g/mol. The zero-order valence-electron chi connectivity index (χ0n) is 10.9. The lowest BCUT2D eigenvalue weighted by Crippen LogP contribution is -2.27. The van der Waals surface area contributed by atoms with E-state index in [2.05, 4.69) is 10.3 Å². The number of carbonyl (C=O) groups is 1. The van der Waals surface area contributed by atoms with E-state index < -0.39 is 11.7 Å². The molecule has 4 nitrogen and oxygen atoms in total. The number of hydrogen-bond donors (Lipinski definition) is 1. The van der Waals surface area contributed by atoms with Gasteiger partial charge in [0.1, 0.15) is 5.60 Å². The third-order valence-corrected chi connectivity index (χ3v) is 3.10. The van der Waals surface area contributed by atoms with Crippen molar-refractivity contribution in [2.24, 2.45) is 0 Å². The lowest BCUT2D eigenvalue weighted by atomic mass is 10.2. The predicted molar refractivity (Wildman–Crippen MR) is 74.2 cm³/mol. The Morgan fingerprint density at radius 2 is 2.11 bits per heavy atom. The van der Waals surface area contributed by atoms with Gasteiger partial charge in [-0.1, -0.05) is 0 Å². The van der Waals surface area contributed by atoms with Gasteiger partial charge in [0.15, 0.2) is 0 Å². The van der Waals surface area contributed by atoms with E-state index in [1.807, 2.05) is 39.8 Å². The molecule has 2 aromatic rings. The fourth-order valence-corrected chi connectivity index (χ4v) is 2.31. The number of nitrogens with zero attached hydrogens (tertiary/aromatic N) is 1. The van der Waals surface area contributed by atoms with E-state index in [0.717, 1.165) is 21.5 Å². The van der Waals surface area contributed by atoms with Crippen molar-refractivity contribution < 1.29 is 9.53 Å². The van der Waals surface area contributed by atoms with Crippen LogP contribution in [0.4, 0.5) is 10.5 Å². The summed E-state index contributed by atoms with van der Waals surface area (Å²) in [5.41, 5.74) is 3.92. The molecule has 0 aliphatic carbocycles. The Labute approximate surface area is 110 Å². The van der Waals surface area contributed by atoms with E-state index >= 15 is 0 Å². The van der Waals surface area contributed by atoms with Gasteiger partial charge in [0.2, 0.25) is 0 Å². The molecule has 0 unspecified atom stereocenters. The number of fused-ring (bicyclic) bond motifs is 1. The molecule has 18 heavy (non-hydrogen) atoms. The minimum Gasteiger partial charge on any atom is -0.444 e. The Kier molecular flexibility index (Phi) is 3.26. The molecule has 0 radical (unpaired) electrons. The van der Waals surface area contributed by atoms with Crippen LogP contribution in [0.5, 0.6) is 0 Å².